The normalized spacial score (nSPS) is 21.3. The van der Waals surface area contributed by atoms with Gasteiger partial charge < -0.3 is 10.2 Å². The molecule has 1 aliphatic heterocycles. The minimum absolute atomic E-state index is 0.0159. The van der Waals surface area contributed by atoms with E-state index in [1.165, 1.54) is 11.3 Å². The van der Waals surface area contributed by atoms with Gasteiger partial charge in [-0.3, -0.25) is 9.59 Å². The molecule has 1 aromatic heterocycles. The first-order valence-corrected chi connectivity index (χ1v) is 12.5. The largest absolute Gasteiger partial charge is 0.350 e. The second kappa shape index (κ2) is 8.61. The molecule has 0 spiro atoms. The first-order chi connectivity index (χ1) is 15.4. The number of piperidine rings is 1. The molecular formula is C24H21BrClN3O2S. The van der Waals surface area contributed by atoms with Crippen LogP contribution in [0.25, 0.3) is 10.4 Å². The molecule has 1 aliphatic carbocycles. The third kappa shape index (κ3) is 4.21. The zero-order chi connectivity index (χ0) is 22.4. The van der Waals surface area contributed by atoms with E-state index in [-0.39, 0.29) is 17.9 Å². The molecule has 5 nitrogen and oxygen atoms in total. The van der Waals surface area contributed by atoms with E-state index in [0.717, 1.165) is 26.3 Å². The van der Waals surface area contributed by atoms with Gasteiger partial charge in [-0.1, -0.05) is 45.7 Å². The van der Waals surface area contributed by atoms with Gasteiger partial charge in [0.2, 0.25) is 0 Å². The molecule has 1 saturated heterocycles. The summed E-state index contributed by atoms with van der Waals surface area (Å²) in [6.07, 6.45) is 1.11. The quantitative estimate of drug-likeness (QED) is 0.479. The van der Waals surface area contributed by atoms with Crippen LogP contribution >= 0.6 is 38.9 Å². The van der Waals surface area contributed by atoms with E-state index in [4.69, 9.17) is 11.6 Å². The van der Waals surface area contributed by atoms with Crippen LogP contribution in [0.1, 0.15) is 32.3 Å². The molecule has 2 aromatic carbocycles. The van der Waals surface area contributed by atoms with Gasteiger partial charge in [-0.15, -0.1) is 11.3 Å². The summed E-state index contributed by atoms with van der Waals surface area (Å²) < 4.78 is 0.859. The number of amides is 2. The third-order valence-electron chi connectivity index (χ3n) is 6.15. The Morgan fingerprint density at radius 2 is 2.06 bits per heavy atom. The molecule has 2 heterocycles. The van der Waals surface area contributed by atoms with Crippen molar-refractivity contribution >= 4 is 50.7 Å². The SMILES string of the molecule is Cc1nc(C(=O)N2C[C@H]3CC3[C@H]2CNC(=O)c2cccc(Br)c2)c(-c2cccc(Cl)c2)s1. The van der Waals surface area contributed by atoms with Crippen molar-refractivity contribution < 1.29 is 9.59 Å². The molecule has 2 aliphatic rings. The van der Waals surface area contributed by atoms with Gasteiger partial charge in [-0.25, -0.2) is 4.98 Å². The van der Waals surface area contributed by atoms with E-state index < -0.39 is 0 Å². The average molecular weight is 531 g/mol. The number of likely N-dealkylation sites (tertiary alicyclic amines) is 1. The van der Waals surface area contributed by atoms with Crippen molar-refractivity contribution in [2.75, 3.05) is 13.1 Å². The van der Waals surface area contributed by atoms with E-state index in [2.05, 4.69) is 26.2 Å². The molecule has 1 unspecified atom stereocenters. The van der Waals surface area contributed by atoms with Crippen LogP contribution in [0, 0.1) is 18.8 Å². The number of hydrogen-bond acceptors (Lipinski definition) is 4. The maximum absolute atomic E-state index is 13.6. The fraction of sp³-hybridized carbons (Fsp3) is 0.292. The molecule has 5 rings (SSSR count). The lowest BCUT2D eigenvalue weighted by Gasteiger charge is -2.27. The number of aromatic nitrogens is 1. The minimum Gasteiger partial charge on any atom is -0.350 e. The maximum atomic E-state index is 13.6. The zero-order valence-electron chi connectivity index (χ0n) is 17.3. The predicted molar refractivity (Wildman–Crippen MR) is 130 cm³/mol. The number of aryl methyl sites for hydroxylation is 1. The molecule has 0 bridgehead atoms. The number of nitrogens with one attached hydrogen (secondary N) is 1. The zero-order valence-corrected chi connectivity index (χ0v) is 20.5. The van der Waals surface area contributed by atoms with E-state index in [1.807, 2.05) is 48.2 Å². The Kier molecular flexibility index (Phi) is 5.82. The highest BCUT2D eigenvalue weighted by molar-refractivity contribution is 9.10. The van der Waals surface area contributed by atoms with Gasteiger partial charge in [-0.2, -0.15) is 0 Å². The number of halogens is 2. The van der Waals surface area contributed by atoms with Crippen molar-refractivity contribution in [3.63, 3.8) is 0 Å². The Hall–Kier alpha value is -2.22. The molecule has 8 heteroatoms. The molecule has 2 fully saturated rings. The Morgan fingerprint density at radius 3 is 2.84 bits per heavy atom. The highest BCUT2D eigenvalue weighted by Crippen LogP contribution is 2.50. The predicted octanol–water partition coefficient (Wildman–Crippen LogP) is 5.42. The summed E-state index contributed by atoms with van der Waals surface area (Å²) in [4.78, 5) is 33.6. The van der Waals surface area contributed by atoms with Gasteiger partial charge in [0, 0.05) is 28.1 Å². The first kappa shape index (κ1) is 21.6. The molecule has 1 saturated carbocycles. The van der Waals surface area contributed by atoms with Crippen LogP contribution in [0.15, 0.2) is 53.0 Å². The van der Waals surface area contributed by atoms with Crippen LogP contribution in [-0.4, -0.2) is 40.8 Å². The van der Waals surface area contributed by atoms with Crippen LogP contribution < -0.4 is 5.32 Å². The Labute approximate surface area is 203 Å². The smallest absolute Gasteiger partial charge is 0.274 e. The number of carbonyl (C=O) groups is 2. The molecule has 32 heavy (non-hydrogen) atoms. The molecule has 3 aromatic rings. The van der Waals surface area contributed by atoms with Crippen molar-refractivity contribution in [3.05, 3.63) is 74.3 Å². The number of nitrogens with zero attached hydrogens (tertiary/aromatic N) is 2. The third-order valence-corrected chi connectivity index (χ3v) is 7.89. The molecule has 164 valence electrons. The first-order valence-electron chi connectivity index (χ1n) is 10.5. The summed E-state index contributed by atoms with van der Waals surface area (Å²) >= 11 is 11.1. The number of thiazole rings is 1. The van der Waals surface area contributed by atoms with Crippen LogP contribution in [0.3, 0.4) is 0 Å². The summed E-state index contributed by atoms with van der Waals surface area (Å²) in [6, 6.07) is 14.8. The fourth-order valence-corrected chi connectivity index (χ4v) is 6.03. The number of rotatable bonds is 5. The van der Waals surface area contributed by atoms with Gasteiger partial charge in [0.15, 0.2) is 0 Å². The summed E-state index contributed by atoms with van der Waals surface area (Å²) in [5.41, 5.74) is 1.97. The molecular weight excluding hydrogens is 510 g/mol. The number of hydrogen-bond donors (Lipinski definition) is 1. The van der Waals surface area contributed by atoms with Gasteiger partial charge in [0.05, 0.1) is 15.9 Å². The molecule has 2 amide bonds. The standard InChI is InChI=1S/C24H21BrClN3O2S/c1-13-28-21(22(32-13)14-4-3-7-18(26)9-14)24(31)29-12-16-10-19(16)20(29)11-27-23(30)15-5-2-6-17(25)8-15/h2-9,16,19-20H,10-12H2,1H3,(H,27,30)/t16-,19?,20-/m1/s1. The Morgan fingerprint density at radius 1 is 1.25 bits per heavy atom. The summed E-state index contributed by atoms with van der Waals surface area (Å²) in [6.45, 7) is 3.06. The van der Waals surface area contributed by atoms with Gasteiger partial charge in [0.25, 0.3) is 11.8 Å². The lowest BCUT2D eigenvalue weighted by Crippen LogP contribution is -2.45. The lowest BCUT2D eigenvalue weighted by atomic mass is 10.1. The van der Waals surface area contributed by atoms with Crippen LogP contribution in [-0.2, 0) is 0 Å². The molecule has 0 radical (unpaired) electrons. The topological polar surface area (TPSA) is 62.3 Å². The average Bonchev–Trinajstić information content (AvgIpc) is 3.28. The van der Waals surface area contributed by atoms with E-state index in [0.29, 0.717) is 41.2 Å². The highest BCUT2D eigenvalue weighted by atomic mass is 79.9. The van der Waals surface area contributed by atoms with Crippen molar-refractivity contribution in [3.8, 4) is 10.4 Å². The summed E-state index contributed by atoms with van der Waals surface area (Å²) in [5.74, 6) is 0.752. The lowest BCUT2D eigenvalue weighted by molar-refractivity contribution is 0.0690. The highest BCUT2D eigenvalue weighted by Gasteiger charge is 2.54. The van der Waals surface area contributed by atoms with E-state index >= 15 is 0 Å². The van der Waals surface area contributed by atoms with Gasteiger partial charge in [-0.05, 0) is 61.1 Å². The van der Waals surface area contributed by atoms with Crippen molar-refractivity contribution in [2.24, 2.45) is 11.8 Å². The van der Waals surface area contributed by atoms with Crippen LogP contribution in [0.4, 0.5) is 0 Å². The fourth-order valence-electron chi connectivity index (χ4n) is 4.53. The van der Waals surface area contributed by atoms with Crippen molar-refractivity contribution in [1.82, 2.24) is 15.2 Å². The Bertz CT molecular complexity index is 1210. The second-order valence-corrected chi connectivity index (χ2v) is 10.9. The summed E-state index contributed by atoms with van der Waals surface area (Å²) in [7, 11) is 0. The van der Waals surface area contributed by atoms with Gasteiger partial charge >= 0.3 is 0 Å². The second-order valence-electron chi connectivity index (χ2n) is 8.33. The molecule has 1 N–H and O–H groups in total. The molecule has 3 atom stereocenters. The Balaban J connectivity index is 1.36. The van der Waals surface area contributed by atoms with Crippen LogP contribution in [0.5, 0.6) is 0 Å². The van der Waals surface area contributed by atoms with Crippen molar-refractivity contribution in [1.29, 1.82) is 0 Å². The van der Waals surface area contributed by atoms with Gasteiger partial charge in [0.1, 0.15) is 5.69 Å². The summed E-state index contributed by atoms with van der Waals surface area (Å²) in [5, 5.41) is 4.50. The minimum atomic E-state index is -0.132. The van der Waals surface area contributed by atoms with E-state index in [1.54, 1.807) is 12.1 Å². The van der Waals surface area contributed by atoms with E-state index in [9.17, 15) is 9.59 Å². The maximum Gasteiger partial charge on any atom is 0.274 e. The van der Waals surface area contributed by atoms with Crippen molar-refractivity contribution in [2.45, 2.75) is 19.4 Å². The number of benzene rings is 2. The number of fused-ring (bicyclic) bond motifs is 1. The number of carbonyl (C=O) groups excluding carboxylic acids is 2. The monoisotopic (exact) mass is 529 g/mol. The van der Waals surface area contributed by atoms with Crippen LogP contribution in [0.2, 0.25) is 5.02 Å².